The van der Waals surface area contributed by atoms with Gasteiger partial charge < -0.3 is 5.32 Å². The van der Waals surface area contributed by atoms with E-state index >= 15 is 0 Å². The van der Waals surface area contributed by atoms with E-state index in [1.165, 1.54) is 44.1 Å². The summed E-state index contributed by atoms with van der Waals surface area (Å²) in [5.74, 6) is 0.0791. The van der Waals surface area contributed by atoms with Crippen LogP contribution in [-0.4, -0.2) is 53.5 Å². The SMILES string of the molecule is CCN(Cc1ccc(C(=O)NC2CCN(C3CCCCCC3)C2)cc1)C(C)C. The van der Waals surface area contributed by atoms with Crippen molar-refractivity contribution in [3.63, 3.8) is 0 Å². The molecule has 1 atom stereocenters. The highest BCUT2D eigenvalue weighted by molar-refractivity contribution is 5.94. The molecule has 2 aliphatic rings. The maximum Gasteiger partial charge on any atom is 0.251 e. The van der Waals surface area contributed by atoms with Crippen LogP contribution in [0.5, 0.6) is 0 Å². The smallest absolute Gasteiger partial charge is 0.251 e. The first-order chi connectivity index (χ1) is 13.6. The Labute approximate surface area is 171 Å². The molecule has 4 nitrogen and oxygen atoms in total. The average Bonchev–Trinajstić information content (AvgIpc) is 2.98. The Morgan fingerprint density at radius 3 is 2.39 bits per heavy atom. The van der Waals surface area contributed by atoms with E-state index in [2.05, 4.69) is 48.0 Å². The average molecular weight is 386 g/mol. The number of rotatable bonds is 7. The molecule has 1 N–H and O–H groups in total. The van der Waals surface area contributed by atoms with Crippen molar-refractivity contribution in [1.29, 1.82) is 0 Å². The van der Waals surface area contributed by atoms with Crippen LogP contribution in [0.3, 0.4) is 0 Å². The third kappa shape index (κ3) is 5.81. The third-order valence-electron chi connectivity index (χ3n) is 6.63. The number of nitrogens with one attached hydrogen (secondary N) is 1. The molecule has 1 saturated carbocycles. The number of nitrogens with zero attached hydrogens (tertiary/aromatic N) is 2. The van der Waals surface area contributed by atoms with Gasteiger partial charge in [0.1, 0.15) is 0 Å². The van der Waals surface area contributed by atoms with E-state index in [1.807, 2.05) is 12.1 Å². The van der Waals surface area contributed by atoms with E-state index in [4.69, 9.17) is 0 Å². The molecular weight excluding hydrogens is 346 g/mol. The van der Waals surface area contributed by atoms with Crippen LogP contribution < -0.4 is 5.32 Å². The van der Waals surface area contributed by atoms with E-state index in [1.54, 1.807) is 0 Å². The Morgan fingerprint density at radius 1 is 1.11 bits per heavy atom. The molecule has 28 heavy (non-hydrogen) atoms. The quantitative estimate of drug-likeness (QED) is 0.705. The van der Waals surface area contributed by atoms with Gasteiger partial charge in [0.25, 0.3) is 5.91 Å². The topological polar surface area (TPSA) is 35.6 Å². The second kappa shape index (κ2) is 10.4. The highest BCUT2D eigenvalue weighted by Crippen LogP contribution is 2.25. The molecule has 3 rings (SSSR count). The van der Waals surface area contributed by atoms with Crippen LogP contribution in [0, 0.1) is 0 Å². The van der Waals surface area contributed by atoms with Crippen molar-refractivity contribution in [3.05, 3.63) is 35.4 Å². The number of likely N-dealkylation sites (tertiary alicyclic amines) is 1. The van der Waals surface area contributed by atoms with Gasteiger partial charge in [0.05, 0.1) is 0 Å². The van der Waals surface area contributed by atoms with Crippen molar-refractivity contribution in [2.24, 2.45) is 0 Å². The maximum absolute atomic E-state index is 12.7. The zero-order valence-corrected chi connectivity index (χ0v) is 18.1. The van der Waals surface area contributed by atoms with Gasteiger partial charge in [0, 0.05) is 43.3 Å². The standard InChI is InChI=1S/C24H39N3O/c1-4-26(19(2)3)17-20-11-13-21(14-12-20)24(28)25-22-15-16-27(18-22)23-9-7-5-6-8-10-23/h11-14,19,22-23H,4-10,15-18H2,1-3H3,(H,25,28). The van der Waals surface area contributed by atoms with E-state index in [9.17, 15) is 4.79 Å². The van der Waals surface area contributed by atoms with E-state index in [0.717, 1.165) is 44.2 Å². The van der Waals surface area contributed by atoms with Crippen molar-refractivity contribution in [2.45, 2.75) is 90.4 Å². The fraction of sp³-hybridized carbons (Fsp3) is 0.708. The van der Waals surface area contributed by atoms with Crippen molar-refractivity contribution < 1.29 is 4.79 Å². The van der Waals surface area contributed by atoms with Crippen LogP contribution in [-0.2, 0) is 6.54 Å². The summed E-state index contributed by atoms with van der Waals surface area (Å²) in [6, 6.07) is 9.75. The van der Waals surface area contributed by atoms with Gasteiger partial charge >= 0.3 is 0 Å². The maximum atomic E-state index is 12.7. The molecule has 1 aliphatic carbocycles. The van der Waals surface area contributed by atoms with Gasteiger partial charge in [-0.05, 0) is 57.4 Å². The number of hydrogen-bond donors (Lipinski definition) is 1. The van der Waals surface area contributed by atoms with Gasteiger partial charge in [-0.3, -0.25) is 14.6 Å². The van der Waals surface area contributed by atoms with Gasteiger partial charge in [-0.15, -0.1) is 0 Å². The lowest BCUT2D eigenvalue weighted by Crippen LogP contribution is -2.39. The Balaban J connectivity index is 1.49. The zero-order valence-electron chi connectivity index (χ0n) is 18.1. The molecule has 156 valence electrons. The summed E-state index contributed by atoms with van der Waals surface area (Å²) in [6.45, 7) is 10.8. The number of hydrogen-bond acceptors (Lipinski definition) is 3. The highest BCUT2D eigenvalue weighted by atomic mass is 16.1. The van der Waals surface area contributed by atoms with Crippen molar-refractivity contribution >= 4 is 5.91 Å². The van der Waals surface area contributed by atoms with Crippen LogP contribution in [0.4, 0.5) is 0 Å². The Bertz CT molecular complexity index is 605. The van der Waals surface area contributed by atoms with Crippen LogP contribution in [0.1, 0.15) is 81.6 Å². The molecule has 2 fully saturated rings. The zero-order chi connectivity index (χ0) is 19.9. The molecule has 1 aromatic carbocycles. The van der Waals surface area contributed by atoms with E-state index < -0.39 is 0 Å². The largest absolute Gasteiger partial charge is 0.348 e. The van der Waals surface area contributed by atoms with Crippen LogP contribution >= 0.6 is 0 Å². The third-order valence-corrected chi connectivity index (χ3v) is 6.63. The predicted molar refractivity (Wildman–Crippen MR) is 117 cm³/mol. The van der Waals surface area contributed by atoms with Crippen molar-refractivity contribution in [2.75, 3.05) is 19.6 Å². The minimum Gasteiger partial charge on any atom is -0.348 e. The Hall–Kier alpha value is -1.39. The fourth-order valence-electron chi connectivity index (χ4n) is 4.78. The molecule has 1 aromatic rings. The molecule has 0 bridgehead atoms. The number of carbonyl (C=O) groups is 1. The summed E-state index contributed by atoms with van der Waals surface area (Å²) < 4.78 is 0. The molecule has 4 heteroatoms. The van der Waals surface area contributed by atoms with E-state index in [0.29, 0.717) is 12.1 Å². The summed E-state index contributed by atoms with van der Waals surface area (Å²) in [4.78, 5) is 17.8. The number of benzene rings is 1. The van der Waals surface area contributed by atoms with Gasteiger partial charge in [0.15, 0.2) is 0 Å². The molecule has 1 aliphatic heterocycles. The van der Waals surface area contributed by atoms with Gasteiger partial charge in [0.2, 0.25) is 0 Å². The molecular formula is C24H39N3O. The van der Waals surface area contributed by atoms with Gasteiger partial charge in [-0.1, -0.05) is 44.7 Å². The molecule has 1 amide bonds. The molecule has 0 aromatic heterocycles. The summed E-state index contributed by atoms with van der Waals surface area (Å²) in [5.41, 5.74) is 2.05. The van der Waals surface area contributed by atoms with Crippen LogP contribution in [0.2, 0.25) is 0 Å². The predicted octanol–water partition coefficient (Wildman–Crippen LogP) is 4.44. The van der Waals surface area contributed by atoms with Gasteiger partial charge in [-0.25, -0.2) is 0 Å². The molecule has 1 heterocycles. The molecule has 1 unspecified atom stereocenters. The minimum absolute atomic E-state index is 0.0791. The molecule has 1 saturated heterocycles. The lowest BCUT2D eigenvalue weighted by atomic mass is 10.1. The first kappa shape index (κ1) is 21.3. The first-order valence-electron chi connectivity index (χ1n) is 11.4. The molecule has 0 radical (unpaired) electrons. The van der Waals surface area contributed by atoms with Crippen molar-refractivity contribution in [1.82, 2.24) is 15.1 Å². The van der Waals surface area contributed by atoms with Crippen LogP contribution in [0.15, 0.2) is 24.3 Å². The van der Waals surface area contributed by atoms with Gasteiger partial charge in [-0.2, -0.15) is 0 Å². The second-order valence-corrected chi connectivity index (χ2v) is 8.95. The normalized spacial score (nSPS) is 22.0. The van der Waals surface area contributed by atoms with Crippen LogP contribution in [0.25, 0.3) is 0 Å². The fourth-order valence-corrected chi connectivity index (χ4v) is 4.78. The first-order valence-corrected chi connectivity index (χ1v) is 11.4. The summed E-state index contributed by atoms with van der Waals surface area (Å²) >= 11 is 0. The highest BCUT2D eigenvalue weighted by Gasteiger charge is 2.29. The Kier molecular flexibility index (Phi) is 7.92. The number of carbonyl (C=O) groups excluding carboxylic acids is 1. The monoisotopic (exact) mass is 385 g/mol. The lowest BCUT2D eigenvalue weighted by Gasteiger charge is -2.26. The Morgan fingerprint density at radius 2 is 1.79 bits per heavy atom. The number of amides is 1. The summed E-state index contributed by atoms with van der Waals surface area (Å²) in [7, 11) is 0. The molecule has 0 spiro atoms. The van der Waals surface area contributed by atoms with E-state index in [-0.39, 0.29) is 5.91 Å². The lowest BCUT2D eigenvalue weighted by molar-refractivity contribution is 0.0935. The summed E-state index contributed by atoms with van der Waals surface area (Å²) in [6.07, 6.45) is 9.30. The van der Waals surface area contributed by atoms with Crippen molar-refractivity contribution in [3.8, 4) is 0 Å². The summed E-state index contributed by atoms with van der Waals surface area (Å²) in [5, 5.41) is 3.28. The minimum atomic E-state index is 0.0791. The second-order valence-electron chi connectivity index (χ2n) is 8.95.